The fourth-order valence-electron chi connectivity index (χ4n) is 6.24. The molecule has 0 radical (unpaired) electrons. The Morgan fingerprint density at radius 1 is 1.03 bits per heavy atom. The van der Waals surface area contributed by atoms with Crippen LogP contribution in [0.5, 0.6) is 0 Å². The first-order valence-corrected chi connectivity index (χ1v) is 11.1. The second-order valence-electron chi connectivity index (χ2n) is 8.82. The monoisotopic (exact) mass is 455 g/mol. The summed E-state index contributed by atoms with van der Waals surface area (Å²) in [5.74, 6) is -2.24. The summed E-state index contributed by atoms with van der Waals surface area (Å²) in [6.07, 6.45) is 1.66. The van der Waals surface area contributed by atoms with Crippen molar-refractivity contribution in [2.24, 2.45) is 11.8 Å². The maximum absolute atomic E-state index is 13.9. The molecular weight excluding hydrogens is 437 g/mol. The van der Waals surface area contributed by atoms with E-state index in [4.69, 9.17) is 23.2 Å². The van der Waals surface area contributed by atoms with E-state index < -0.39 is 17.4 Å². The molecule has 4 heterocycles. The lowest BCUT2D eigenvalue weighted by Gasteiger charge is -2.36. The SMILES string of the molecule is Cc1ccc2c(c1)[C@]1(C(=O)N2)[C@@H]2C(=O)N(c3cc(Cl)cc(Cl)c3)C(=O)[C@@H]2[C@H]2CCCN21. The van der Waals surface area contributed by atoms with Crippen LogP contribution in [0.4, 0.5) is 11.4 Å². The van der Waals surface area contributed by atoms with E-state index in [0.29, 0.717) is 28.0 Å². The van der Waals surface area contributed by atoms with Crippen molar-refractivity contribution in [3.63, 3.8) is 0 Å². The van der Waals surface area contributed by atoms with E-state index in [1.54, 1.807) is 18.2 Å². The van der Waals surface area contributed by atoms with Gasteiger partial charge in [-0.25, -0.2) is 4.90 Å². The maximum atomic E-state index is 13.9. The van der Waals surface area contributed by atoms with Gasteiger partial charge >= 0.3 is 0 Å². The standard InChI is InChI=1S/C23H19Cl2N3O3/c1-11-4-5-16-15(7-11)23(22(31)26-16)19-18(17-3-2-6-27(17)23)20(29)28(21(19)30)14-9-12(24)8-13(25)10-14/h4-5,7-10,17-19H,2-3,6H2,1H3,(H,26,31)/t17-,18-,19+,23-/m1/s1. The molecule has 6 rings (SSSR count). The highest BCUT2D eigenvalue weighted by atomic mass is 35.5. The topological polar surface area (TPSA) is 69.7 Å². The molecule has 3 fully saturated rings. The lowest BCUT2D eigenvalue weighted by atomic mass is 9.75. The molecule has 4 aliphatic rings. The summed E-state index contributed by atoms with van der Waals surface area (Å²) in [5.41, 5.74) is 1.70. The first kappa shape index (κ1) is 19.3. The molecule has 1 spiro atoms. The Morgan fingerprint density at radius 3 is 2.52 bits per heavy atom. The van der Waals surface area contributed by atoms with Crippen LogP contribution in [0.1, 0.15) is 24.0 Å². The third-order valence-corrected chi connectivity index (χ3v) is 7.69. The molecule has 0 saturated carbocycles. The highest BCUT2D eigenvalue weighted by Crippen LogP contribution is 2.60. The first-order valence-electron chi connectivity index (χ1n) is 10.4. The third kappa shape index (κ3) is 2.30. The number of carbonyl (C=O) groups excluding carboxylic acids is 3. The van der Waals surface area contributed by atoms with Crippen molar-refractivity contribution in [2.75, 3.05) is 16.8 Å². The zero-order chi connectivity index (χ0) is 21.7. The molecule has 0 bridgehead atoms. The first-order chi connectivity index (χ1) is 14.8. The van der Waals surface area contributed by atoms with Crippen LogP contribution in [0.2, 0.25) is 10.0 Å². The number of nitrogens with one attached hydrogen (secondary N) is 1. The highest BCUT2D eigenvalue weighted by Gasteiger charge is 2.74. The van der Waals surface area contributed by atoms with Gasteiger partial charge in [-0.3, -0.25) is 19.3 Å². The molecule has 0 aromatic heterocycles. The van der Waals surface area contributed by atoms with Gasteiger partial charge in [0.25, 0.3) is 0 Å². The molecule has 2 aromatic carbocycles. The average Bonchev–Trinajstić information content (AvgIpc) is 3.39. The van der Waals surface area contributed by atoms with Crippen LogP contribution >= 0.6 is 23.2 Å². The fraction of sp³-hybridized carbons (Fsp3) is 0.348. The van der Waals surface area contributed by atoms with E-state index in [-0.39, 0.29) is 23.8 Å². The smallest absolute Gasteiger partial charge is 0.250 e. The Balaban J connectivity index is 1.57. The number of anilines is 2. The fourth-order valence-corrected chi connectivity index (χ4v) is 6.75. The minimum absolute atomic E-state index is 0.154. The highest BCUT2D eigenvalue weighted by molar-refractivity contribution is 6.36. The summed E-state index contributed by atoms with van der Waals surface area (Å²) in [6.45, 7) is 2.65. The van der Waals surface area contributed by atoms with Gasteiger partial charge in [0.1, 0.15) is 5.54 Å². The zero-order valence-electron chi connectivity index (χ0n) is 16.7. The van der Waals surface area contributed by atoms with Crippen molar-refractivity contribution in [2.45, 2.75) is 31.3 Å². The van der Waals surface area contributed by atoms with Crippen LogP contribution in [0, 0.1) is 18.8 Å². The largest absolute Gasteiger partial charge is 0.324 e. The molecular formula is C23H19Cl2N3O3. The molecule has 0 aliphatic carbocycles. The molecule has 0 unspecified atom stereocenters. The van der Waals surface area contributed by atoms with E-state index in [1.165, 1.54) is 4.90 Å². The van der Waals surface area contributed by atoms with Gasteiger partial charge in [-0.2, -0.15) is 0 Å². The van der Waals surface area contributed by atoms with Gasteiger partial charge in [-0.1, -0.05) is 40.9 Å². The van der Waals surface area contributed by atoms with Gasteiger partial charge in [-0.15, -0.1) is 0 Å². The number of benzene rings is 2. The van der Waals surface area contributed by atoms with Crippen molar-refractivity contribution in [3.8, 4) is 0 Å². The van der Waals surface area contributed by atoms with Crippen LogP contribution in [0.15, 0.2) is 36.4 Å². The Kier molecular flexibility index (Phi) is 3.93. The molecule has 8 heteroatoms. The van der Waals surface area contributed by atoms with Gasteiger partial charge in [-0.05, 0) is 50.6 Å². The van der Waals surface area contributed by atoms with Crippen LogP contribution in [0.25, 0.3) is 0 Å². The lowest BCUT2D eigenvalue weighted by molar-refractivity contribution is -0.135. The molecule has 3 saturated heterocycles. The average molecular weight is 456 g/mol. The second-order valence-corrected chi connectivity index (χ2v) is 9.69. The molecule has 3 amide bonds. The predicted molar refractivity (Wildman–Crippen MR) is 117 cm³/mol. The van der Waals surface area contributed by atoms with Gasteiger partial charge in [0.15, 0.2) is 0 Å². The van der Waals surface area contributed by atoms with E-state index >= 15 is 0 Å². The summed E-state index contributed by atoms with van der Waals surface area (Å²) >= 11 is 12.3. The number of nitrogens with zero attached hydrogens (tertiary/aromatic N) is 2. The molecule has 4 atom stereocenters. The van der Waals surface area contributed by atoms with Crippen molar-refractivity contribution in [3.05, 3.63) is 57.6 Å². The summed E-state index contributed by atoms with van der Waals surface area (Å²) in [7, 11) is 0. The summed E-state index contributed by atoms with van der Waals surface area (Å²) in [5, 5.41) is 3.67. The van der Waals surface area contributed by atoms with Crippen molar-refractivity contribution in [1.29, 1.82) is 0 Å². The summed E-state index contributed by atoms with van der Waals surface area (Å²) < 4.78 is 0. The lowest BCUT2D eigenvalue weighted by Crippen LogP contribution is -2.54. The maximum Gasteiger partial charge on any atom is 0.250 e. The predicted octanol–water partition coefficient (Wildman–Crippen LogP) is 3.73. The van der Waals surface area contributed by atoms with E-state index in [0.717, 1.165) is 24.0 Å². The minimum Gasteiger partial charge on any atom is -0.324 e. The van der Waals surface area contributed by atoms with Crippen molar-refractivity contribution >= 4 is 52.3 Å². The summed E-state index contributed by atoms with van der Waals surface area (Å²) in [4.78, 5) is 44.4. The Hall–Kier alpha value is -2.41. The zero-order valence-corrected chi connectivity index (χ0v) is 18.2. The van der Waals surface area contributed by atoms with Gasteiger partial charge in [0, 0.05) is 27.3 Å². The summed E-state index contributed by atoms with van der Waals surface area (Å²) in [6, 6.07) is 10.3. The van der Waals surface area contributed by atoms with E-state index in [9.17, 15) is 14.4 Å². The number of amides is 3. The van der Waals surface area contributed by atoms with Crippen LogP contribution in [0.3, 0.4) is 0 Å². The number of aryl methyl sites for hydroxylation is 1. The Bertz CT molecular complexity index is 1180. The molecule has 2 aromatic rings. The van der Waals surface area contributed by atoms with E-state index in [2.05, 4.69) is 10.2 Å². The normalized spacial score (nSPS) is 31.4. The number of fused-ring (bicyclic) bond motifs is 7. The molecule has 158 valence electrons. The minimum atomic E-state index is -1.17. The molecule has 31 heavy (non-hydrogen) atoms. The number of halogens is 2. The number of carbonyl (C=O) groups is 3. The van der Waals surface area contributed by atoms with Crippen molar-refractivity contribution < 1.29 is 14.4 Å². The van der Waals surface area contributed by atoms with Gasteiger partial charge < -0.3 is 5.32 Å². The van der Waals surface area contributed by atoms with Crippen LogP contribution in [-0.4, -0.2) is 35.2 Å². The Labute approximate surface area is 189 Å². The number of rotatable bonds is 1. The van der Waals surface area contributed by atoms with Crippen LogP contribution in [-0.2, 0) is 19.9 Å². The second kappa shape index (κ2) is 6.31. The Morgan fingerprint density at radius 2 is 1.77 bits per heavy atom. The van der Waals surface area contributed by atoms with Gasteiger partial charge in [0.2, 0.25) is 17.7 Å². The number of imide groups is 1. The van der Waals surface area contributed by atoms with E-state index in [1.807, 2.05) is 25.1 Å². The number of hydrogen-bond acceptors (Lipinski definition) is 4. The van der Waals surface area contributed by atoms with Crippen molar-refractivity contribution in [1.82, 2.24) is 4.90 Å². The quantitative estimate of drug-likeness (QED) is 0.665. The third-order valence-electron chi connectivity index (χ3n) is 7.25. The molecule has 6 nitrogen and oxygen atoms in total. The number of hydrogen-bond donors (Lipinski definition) is 1. The molecule has 1 N–H and O–H groups in total. The molecule has 4 aliphatic heterocycles. The van der Waals surface area contributed by atoms with Gasteiger partial charge in [0.05, 0.1) is 17.5 Å². The van der Waals surface area contributed by atoms with Crippen LogP contribution < -0.4 is 10.2 Å².